The summed E-state index contributed by atoms with van der Waals surface area (Å²) in [5.41, 5.74) is 15.7. The molecule has 46 heavy (non-hydrogen) atoms. The molecule has 2 unspecified atom stereocenters. The van der Waals surface area contributed by atoms with Crippen molar-refractivity contribution >= 4 is 59.2 Å². The second-order valence-corrected chi connectivity index (χ2v) is 25.4. The number of rotatable bonds is 8. The van der Waals surface area contributed by atoms with Gasteiger partial charge in [-0.3, -0.25) is 0 Å². The van der Waals surface area contributed by atoms with E-state index in [0.717, 1.165) is 56.0 Å². The lowest BCUT2D eigenvalue weighted by Crippen LogP contribution is -2.16. The van der Waals surface area contributed by atoms with Crippen molar-refractivity contribution in [3.63, 3.8) is 0 Å². The Hall–Kier alpha value is -3.27. The van der Waals surface area contributed by atoms with Gasteiger partial charge in [0.2, 0.25) is 0 Å². The van der Waals surface area contributed by atoms with Crippen LogP contribution < -0.4 is 9.47 Å². The van der Waals surface area contributed by atoms with E-state index in [1.165, 1.54) is 0 Å². The number of hydrogen-bond donors (Lipinski definition) is 0. The lowest BCUT2D eigenvalue weighted by molar-refractivity contribution is 0.314. The molecule has 6 heteroatoms. The van der Waals surface area contributed by atoms with E-state index in [1.807, 2.05) is 38.1 Å². The Morgan fingerprint density at radius 2 is 0.739 bits per heavy atom. The summed E-state index contributed by atoms with van der Waals surface area (Å²) in [4.78, 5) is 0. The van der Waals surface area contributed by atoms with Gasteiger partial charge in [-0.1, -0.05) is 99.7 Å². The first-order chi connectivity index (χ1) is 21.7. The van der Waals surface area contributed by atoms with E-state index in [0.29, 0.717) is 0 Å². The van der Waals surface area contributed by atoms with Crippen LogP contribution in [0.5, 0.6) is 11.5 Å². The Bertz CT molecular complexity index is 1630. The molecule has 0 aliphatic rings. The van der Waals surface area contributed by atoms with Crippen LogP contribution >= 0.6 is 31.9 Å². The second-order valence-electron chi connectivity index (χ2n) is 13.3. The SMILES string of the molecule is CC(Br)Oc1ccc(/C(=C(/c2ccc(C#C[Si](C)(C)C)cc2)c2ccc(OC(C)Br)cc2)c2ccc(C#C[Si](C)(C)C)cc2)cc1. The maximum Gasteiger partial charge on any atom is 0.150 e. The zero-order chi connectivity index (χ0) is 33.5. The van der Waals surface area contributed by atoms with Crippen LogP contribution in [0, 0.1) is 22.9 Å². The van der Waals surface area contributed by atoms with Crippen LogP contribution in [0.4, 0.5) is 0 Å². The summed E-state index contributed by atoms with van der Waals surface area (Å²) in [5, 5.41) is -0.168. The molecule has 0 N–H and O–H groups in total. The number of benzene rings is 4. The first kappa shape index (κ1) is 35.6. The Morgan fingerprint density at radius 3 is 0.978 bits per heavy atom. The van der Waals surface area contributed by atoms with E-state index in [4.69, 9.17) is 9.47 Å². The summed E-state index contributed by atoms with van der Waals surface area (Å²) in [6.45, 7) is 17.5. The molecular weight excluding hydrogens is 728 g/mol. The Labute approximate surface area is 294 Å². The van der Waals surface area contributed by atoms with E-state index in [2.05, 4.69) is 167 Å². The summed E-state index contributed by atoms with van der Waals surface area (Å²) in [5.74, 6) is 8.43. The van der Waals surface area contributed by atoms with Gasteiger partial charge in [0.1, 0.15) is 27.6 Å². The lowest BCUT2D eigenvalue weighted by atomic mass is 9.85. The van der Waals surface area contributed by atoms with Gasteiger partial charge in [-0.15, -0.1) is 11.1 Å². The predicted molar refractivity (Wildman–Crippen MR) is 209 cm³/mol. The smallest absolute Gasteiger partial charge is 0.150 e. The molecular formula is C40H42Br2O2Si2. The van der Waals surface area contributed by atoms with Gasteiger partial charge in [0.05, 0.1) is 0 Å². The van der Waals surface area contributed by atoms with Crippen molar-refractivity contribution in [1.29, 1.82) is 0 Å². The third-order valence-corrected chi connectivity index (χ3v) is 8.77. The summed E-state index contributed by atoms with van der Waals surface area (Å²) in [6, 6.07) is 33.9. The quantitative estimate of drug-likeness (QED) is 0.0769. The number of hydrogen-bond acceptors (Lipinski definition) is 2. The highest BCUT2D eigenvalue weighted by Gasteiger charge is 2.18. The van der Waals surface area contributed by atoms with Gasteiger partial charge < -0.3 is 9.47 Å². The van der Waals surface area contributed by atoms with Crippen molar-refractivity contribution in [1.82, 2.24) is 0 Å². The van der Waals surface area contributed by atoms with Crippen LogP contribution in [0.15, 0.2) is 97.1 Å². The molecule has 0 bridgehead atoms. The van der Waals surface area contributed by atoms with E-state index in [1.54, 1.807) is 0 Å². The molecule has 0 heterocycles. The minimum absolute atomic E-state index is 0.0840. The highest BCUT2D eigenvalue weighted by Crippen LogP contribution is 2.38. The molecule has 0 aliphatic carbocycles. The zero-order valence-corrected chi connectivity index (χ0v) is 33.1. The zero-order valence-electron chi connectivity index (χ0n) is 28.0. The van der Waals surface area contributed by atoms with Gasteiger partial charge in [0, 0.05) is 11.1 Å². The average Bonchev–Trinajstić information content (AvgIpc) is 2.98. The number of ether oxygens (including phenoxy) is 2. The van der Waals surface area contributed by atoms with Crippen LogP contribution in [-0.4, -0.2) is 26.2 Å². The van der Waals surface area contributed by atoms with Crippen LogP contribution in [0.1, 0.15) is 47.2 Å². The van der Waals surface area contributed by atoms with Crippen molar-refractivity contribution in [3.8, 4) is 34.4 Å². The highest BCUT2D eigenvalue weighted by molar-refractivity contribution is 9.09. The minimum Gasteiger partial charge on any atom is -0.480 e. The molecule has 2 nitrogen and oxygen atoms in total. The standard InChI is InChI=1S/C40H42Br2O2Si2/c1-29(41)43-37-21-17-35(18-22-37)39(33-13-9-31(10-14-33)25-27-45(3,4)5)40(36-19-23-38(24-20-36)44-30(2)42)34-15-11-32(12-16-34)26-28-46(6,7)8/h9-24,29-30H,1-8H3/b40-39-. The summed E-state index contributed by atoms with van der Waals surface area (Å²) >= 11 is 7.00. The van der Waals surface area contributed by atoms with Crippen LogP contribution in [0.2, 0.25) is 39.3 Å². The van der Waals surface area contributed by atoms with Crippen molar-refractivity contribution in [2.75, 3.05) is 0 Å². The van der Waals surface area contributed by atoms with E-state index in [-0.39, 0.29) is 10.0 Å². The van der Waals surface area contributed by atoms with Crippen LogP contribution in [-0.2, 0) is 0 Å². The van der Waals surface area contributed by atoms with Gasteiger partial charge in [0.15, 0.2) is 10.0 Å². The molecule has 0 radical (unpaired) electrons. The fraction of sp³-hybridized carbons (Fsp3) is 0.250. The summed E-state index contributed by atoms with van der Waals surface area (Å²) < 4.78 is 11.8. The average molecular weight is 771 g/mol. The van der Waals surface area contributed by atoms with Crippen LogP contribution in [0.3, 0.4) is 0 Å². The normalized spacial score (nSPS) is 13.3. The van der Waals surface area contributed by atoms with Gasteiger partial charge in [-0.05, 0) is 128 Å². The van der Waals surface area contributed by atoms with E-state index < -0.39 is 16.1 Å². The molecule has 0 spiro atoms. The molecule has 4 rings (SSSR count). The van der Waals surface area contributed by atoms with Gasteiger partial charge in [-0.25, -0.2) is 0 Å². The lowest BCUT2D eigenvalue weighted by Gasteiger charge is -2.19. The number of alkyl halides is 2. The topological polar surface area (TPSA) is 18.5 Å². The molecule has 4 aromatic carbocycles. The summed E-state index contributed by atoms with van der Waals surface area (Å²) in [7, 11) is -2.99. The Kier molecular flexibility index (Phi) is 12.0. The third kappa shape index (κ3) is 10.9. The van der Waals surface area contributed by atoms with Crippen molar-refractivity contribution in [2.45, 2.75) is 63.2 Å². The van der Waals surface area contributed by atoms with Crippen molar-refractivity contribution in [3.05, 3.63) is 130 Å². The molecule has 4 aromatic rings. The molecule has 0 fully saturated rings. The van der Waals surface area contributed by atoms with Crippen LogP contribution in [0.25, 0.3) is 11.1 Å². The minimum atomic E-state index is -1.49. The predicted octanol–water partition coefficient (Wildman–Crippen LogP) is 11.4. The van der Waals surface area contributed by atoms with Gasteiger partial charge >= 0.3 is 0 Å². The van der Waals surface area contributed by atoms with Crippen molar-refractivity contribution < 1.29 is 9.47 Å². The molecule has 0 saturated heterocycles. The maximum absolute atomic E-state index is 5.92. The Balaban J connectivity index is 1.97. The van der Waals surface area contributed by atoms with Crippen molar-refractivity contribution in [2.24, 2.45) is 0 Å². The molecule has 0 aromatic heterocycles. The largest absolute Gasteiger partial charge is 0.480 e. The molecule has 0 aliphatic heterocycles. The summed E-state index contributed by atoms with van der Waals surface area (Å²) in [6.07, 6.45) is 0. The van der Waals surface area contributed by atoms with E-state index >= 15 is 0 Å². The highest BCUT2D eigenvalue weighted by atomic mass is 79.9. The molecule has 236 valence electrons. The fourth-order valence-electron chi connectivity index (χ4n) is 4.65. The first-order valence-electron chi connectivity index (χ1n) is 15.5. The third-order valence-electron chi connectivity index (χ3n) is 6.64. The fourth-order valence-corrected chi connectivity index (χ4v) is 6.12. The molecule has 2 atom stereocenters. The van der Waals surface area contributed by atoms with Gasteiger partial charge in [-0.2, -0.15) is 0 Å². The molecule has 0 amide bonds. The van der Waals surface area contributed by atoms with Gasteiger partial charge in [0.25, 0.3) is 0 Å². The number of halogens is 2. The maximum atomic E-state index is 5.92. The second kappa shape index (κ2) is 15.5. The monoisotopic (exact) mass is 768 g/mol. The Morgan fingerprint density at radius 1 is 0.478 bits per heavy atom. The first-order valence-corrected chi connectivity index (χ1v) is 24.3. The van der Waals surface area contributed by atoms with E-state index in [9.17, 15) is 0 Å². The molecule has 0 saturated carbocycles.